The predicted octanol–water partition coefficient (Wildman–Crippen LogP) is 5.43. The second kappa shape index (κ2) is 8.57. The van der Waals surface area contributed by atoms with E-state index >= 15 is 0 Å². The van der Waals surface area contributed by atoms with Gasteiger partial charge in [0.05, 0.1) is 0 Å². The Morgan fingerprint density at radius 1 is 1.05 bits per heavy atom. The summed E-state index contributed by atoms with van der Waals surface area (Å²) in [5, 5.41) is 4.34. The first-order valence-electron chi connectivity index (χ1n) is 7.39. The normalized spacial score (nSPS) is 12.3. The third kappa shape index (κ3) is 5.46. The van der Waals surface area contributed by atoms with Crippen molar-refractivity contribution in [3.63, 3.8) is 0 Å². The fourth-order valence-corrected chi connectivity index (χ4v) is 2.79. The van der Waals surface area contributed by atoms with Gasteiger partial charge in [0.1, 0.15) is 0 Å². The van der Waals surface area contributed by atoms with Crippen LogP contribution in [0.4, 0.5) is 0 Å². The van der Waals surface area contributed by atoms with Gasteiger partial charge in [-0.25, -0.2) is 0 Å². The summed E-state index contributed by atoms with van der Waals surface area (Å²) in [5.74, 6) is 0.478. The van der Waals surface area contributed by atoms with Crippen molar-refractivity contribution in [3.8, 4) is 0 Å². The summed E-state index contributed by atoms with van der Waals surface area (Å²) in [7, 11) is 0. The van der Waals surface area contributed by atoms with Crippen molar-refractivity contribution < 1.29 is 0 Å². The van der Waals surface area contributed by atoms with Crippen molar-refractivity contribution in [2.45, 2.75) is 25.7 Å². The summed E-state index contributed by atoms with van der Waals surface area (Å²) >= 11 is 9.47. The molecular weight excluding hydrogens is 346 g/mol. The Balaban J connectivity index is 2.11. The maximum atomic E-state index is 5.97. The first-order valence-corrected chi connectivity index (χ1v) is 8.56. The fourth-order valence-electron chi connectivity index (χ4n) is 2.40. The minimum absolute atomic E-state index is 0.478. The topological polar surface area (TPSA) is 12.0 Å². The Hall–Kier alpha value is -0.830. The lowest BCUT2D eigenvalue weighted by molar-refractivity contribution is 0.576. The number of nitrogens with one attached hydrogen (secondary N) is 1. The predicted molar refractivity (Wildman–Crippen MR) is 95.2 cm³/mol. The van der Waals surface area contributed by atoms with Gasteiger partial charge >= 0.3 is 0 Å². The van der Waals surface area contributed by atoms with E-state index in [9.17, 15) is 0 Å². The van der Waals surface area contributed by atoms with Crippen LogP contribution in [0.15, 0.2) is 53.0 Å². The van der Waals surface area contributed by atoms with Crippen LogP contribution in [0.2, 0.25) is 5.02 Å². The Bertz CT molecular complexity index is 536. The minimum atomic E-state index is 0.478. The average Bonchev–Trinajstić information content (AvgIpc) is 2.49. The van der Waals surface area contributed by atoms with Crippen LogP contribution in [0.25, 0.3) is 0 Å². The SMILES string of the molecule is CCCNCC(Cc1ccc(Cl)cc1)c1ccc(Br)cc1. The Labute approximate surface area is 140 Å². The highest BCUT2D eigenvalue weighted by Crippen LogP contribution is 2.23. The van der Waals surface area contributed by atoms with Crippen molar-refractivity contribution >= 4 is 27.5 Å². The molecule has 0 amide bonds. The summed E-state index contributed by atoms with van der Waals surface area (Å²) in [6.45, 7) is 4.26. The van der Waals surface area contributed by atoms with Crippen molar-refractivity contribution in [3.05, 3.63) is 69.2 Å². The molecule has 21 heavy (non-hydrogen) atoms. The van der Waals surface area contributed by atoms with Gasteiger partial charge in [-0.3, -0.25) is 0 Å². The van der Waals surface area contributed by atoms with E-state index in [0.717, 1.165) is 35.4 Å². The lowest BCUT2D eigenvalue weighted by atomic mass is 9.92. The van der Waals surface area contributed by atoms with Gasteiger partial charge in [-0.2, -0.15) is 0 Å². The Morgan fingerprint density at radius 2 is 1.71 bits per heavy atom. The molecule has 0 saturated carbocycles. The fraction of sp³-hybridized carbons (Fsp3) is 0.333. The van der Waals surface area contributed by atoms with Crippen molar-refractivity contribution in [1.29, 1.82) is 0 Å². The van der Waals surface area contributed by atoms with Crippen molar-refractivity contribution in [2.24, 2.45) is 0 Å². The van der Waals surface area contributed by atoms with Crippen LogP contribution >= 0.6 is 27.5 Å². The van der Waals surface area contributed by atoms with E-state index in [-0.39, 0.29) is 0 Å². The summed E-state index contributed by atoms with van der Waals surface area (Å²) < 4.78 is 1.12. The van der Waals surface area contributed by atoms with E-state index in [2.05, 4.69) is 64.6 Å². The van der Waals surface area contributed by atoms with Gasteiger partial charge in [0.25, 0.3) is 0 Å². The van der Waals surface area contributed by atoms with Gasteiger partial charge in [-0.15, -0.1) is 0 Å². The van der Waals surface area contributed by atoms with Crippen LogP contribution < -0.4 is 5.32 Å². The lowest BCUT2D eigenvalue weighted by Gasteiger charge is -2.18. The molecule has 0 aliphatic rings. The molecule has 0 saturated heterocycles. The van der Waals surface area contributed by atoms with Crippen LogP contribution in [-0.2, 0) is 6.42 Å². The third-order valence-corrected chi connectivity index (χ3v) is 4.33. The third-order valence-electron chi connectivity index (χ3n) is 3.55. The Morgan fingerprint density at radius 3 is 2.33 bits per heavy atom. The van der Waals surface area contributed by atoms with Gasteiger partial charge in [0, 0.05) is 22.0 Å². The monoisotopic (exact) mass is 365 g/mol. The molecule has 0 aromatic heterocycles. The quantitative estimate of drug-likeness (QED) is 0.644. The number of hydrogen-bond donors (Lipinski definition) is 1. The van der Waals surface area contributed by atoms with E-state index in [1.165, 1.54) is 11.1 Å². The van der Waals surface area contributed by atoms with E-state index in [1.54, 1.807) is 0 Å². The number of benzene rings is 2. The minimum Gasteiger partial charge on any atom is -0.316 e. The van der Waals surface area contributed by atoms with Crippen LogP contribution in [0.1, 0.15) is 30.4 Å². The van der Waals surface area contributed by atoms with Crippen LogP contribution in [0, 0.1) is 0 Å². The molecule has 2 aromatic rings. The van der Waals surface area contributed by atoms with E-state index < -0.39 is 0 Å². The molecule has 0 fully saturated rings. The molecule has 2 rings (SSSR count). The molecule has 1 atom stereocenters. The smallest absolute Gasteiger partial charge is 0.0406 e. The molecule has 3 heteroatoms. The maximum absolute atomic E-state index is 5.97. The van der Waals surface area contributed by atoms with Crippen LogP contribution in [0.5, 0.6) is 0 Å². The average molecular weight is 367 g/mol. The van der Waals surface area contributed by atoms with Crippen molar-refractivity contribution in [1.82, 2.24) is 5.32 Å². The molecule has 1 unspecified atom stereocenters. The van der Waals surface area contributed by atoms with E-state index in [4.69, 9.17) is 11.6 Å². The van der Waals surface area contributed by atoms with Gasteiger partial charge < -0.3 is 5.32 Å². The number of halogens is 2. The standard InChI is InChI=1S/C18H21BrClN/c1-2-11-21-13-16(15-5-7-17(19)8-6-15)12-14-3-9-18(20)10-4-14/h3-10,16,21H,2,11-13H2,1H3. The molecule has 112 valence electrons. The van der Waals surface area contributed by atoms with Crippen LogP contribution in [0.3, 0.4) is 0 Å². The zero-order valence-corrected chi connectivity index (χ0v) is 14.6. The van der Waals surface area contributed by atoms with E-state index in [1.807, 2.05) is 12.1 Å². The molecule has 0 aliphatic carbocycles. The lowest BCUT2D eigenvalue weighted by Crippen LogP contribution is -2.23. The maximum Gasteiger partial charge on any atom is 0.0406 e. The van der Waals surface area contributed by atoms with Gasteiger partial charge in [-0.1, -0.05) is 58.7 Å². The van der Waals surface area contributed by atoms with Gasteiger partial charge in [-0.05, 0) is 54.8 Å². The van der Waals surface area contributed by atoms with E-state index in [0.29, 0.717) is 5.92 Å². The summed E-state index contributed by atoms with van der Waals surface area (Å²) in [5.41, 5.74) is 2.70. The summed E-state index contributed by atoms with van der Waals surface area (Å²) in [4.78, 5) is 0. The molecule has 0 aliphatic heterocycles. The van der Waals surface area contributed by atoms with Crippen LogP contribution in [-0.4, -0.2) is 13.1 Å². The molecule has 0 heterocycles. The zero-order chi connectivity index (χ0) is 15.1. The highest BCUT2D eigenvalue weighted by Gasteiger charge is 2.12. The molecule has 2 aromatic carbocycles. The largest absolute Gasteiger partial charge is 0.316 e. The Kier molecular flexibility index (Phi) is 6.75. The van der Waals surface area contributed by atoms with Gasteiger partial charge in [0.2, 0.25) is 0 Å². The second-order valence-corrected chi connectivity index (χ2v) is 6.64. The summed E-state index contributed by atoms with van der Waals surface area (Å²) in [6, 6.07) is 16.8. The molecule has 0 spiro atoms. The van der Waals surface area contributed by atoms with Crippen molar-refractivity contribution in [2.75, 3.05) is 13.1 Å². The van der Waals surface area contributed by atoms with Gasteiger partial charge in [0.15, 0.2) is 0 Å². The molecule has 1 nitrogen and oxygen atoms in total. The first kappa shape index (κ1) is 16.5. The molecule has 0 bridgehead atoms. The molecular formula is C18H21BrClN. The number of rotatable bonds is 7. The first-order chi connectivity index (χ1) is 10.2. The zero-order valence-electron chi connectivity index (χ0n) is 12.3. The summed E-state index contributed by atoms with van der Waals surface area (Å²) in [6.07, 6.45) is 2.18. The highest BCUT2D eigenvalue weighted by molar-refractivity contribution is 9.10. The highest BCUT2D eigenvalue weighted by atomic mass is 79.9. The second-order valence-electron chi connectivity index (χ2n) is 5.28. The number of hydrogen-bond acceptors (Lipinski definition) is 1. The molecule has 1 N–H and O–H groups in total. The molecule has 0 radical (unpaired) electrons.